The van der Waals surface area contributed by atoms with Gasteiger partial charge in [0.05, 0.1) is 24.9 Å². The molecule has 1 aliphatic heterocycles. The number of carboxylic acid groups (broad SMARTS) is 1. The van der Waals surface area contributed by atoms with Crippen molar-refractivity contribution in [2.24, 2.45) is 5.92 Å². The van der Waals surface area contributed by atoms with E-state index in [1.54, 1.807) is 13.2 Å². The van der Waals surface area contributed by atoms with Crippen molar-refractivity contribution in [1.29, 1.82) is 0 Å². The number of ether oxygens (including phenoxy) is 2. The predicted molar refractivity (Wildman–Crippen MR) is 157 cm³/mol. The first-order valence-corrected chi connectivity index (χ1v) is 14.5. The quantitative estimate of drug-likeness (QED) is 0.303. The Morgan fingerprint density at radius 1 is 1.15 bits per heavy atom. The van der Waals surface area contributed by atoms with E-state index in [1.807, 2.05) is 51.3 Å². The molecule has 1 fully saturated rings. The van der Waals surface area contributed by atoms with E-state index in [-0.39, 0.29) is 43.2 Å². The van der Waals surface area contributed by atoms with E-state index in [0.717, 1.165) is 10.5 Å². The van der Waals surface area contributed by atoms with Crippen molar-refractivity contribution in [3.63, 3.8) is 0 Å². The van der Waals surface area contributed by atoms with Crippen LogP contribution in [0.15, 0.2) is 29.6 Å². The summed E-state index contributed by atoms with van der Waals surface area (Å²) in [5, 5.41) is 19.5. The lowest BCUT2D eigenvalue weighted by Crippen LogP contribution is -2.46. The summed E-state index contributed by atoms with van der Waals surface area (Å²) < 4.78 is 11.8. The van der Waals surface area contributed by atoms with Crippen LogP contribution in [0, 0.1) is 5.92 Å². The Morgan fingerprint density at radius 2 is 1.90 bits per heavy atom. The number of rotatable bonds is 11. The highest BCUT2D eigenvalue weighted by Gasteiger charge is 2.41. The zero-order valence-electron chi connectivity index (χ0n) is 24.1. The molecule has 12 heteroatoms. The first kappa shape index (κ1) is 30.0. The molecule has 0 aliphatic carbocycles. The fourth-order valence-corrected chi connectivity index (χ4v) is 5.68. The molecule has 4 rings (SSSR count). The number of amides is 2. The zero-order chi connectivity index (χ0) is 29.8. The summed E-state index contributed by atoms with van der Waals surface area (Å²) in [7, 11) is 1.58. The summed E-state index contributed by atoms with van der Waals surface area (Å²) in [6.45, 7) is 9.39. The average Bonchev–Trinajstić information content (AvgIpc) is 3.54. The van der Waals surface area contributed by atoms with E-state index in [4.69, 9.17) is 14.5 Å². The number of nitrogens with zero attached hydrogens (tertiary/aromatic N) is 3. The van der Waals surface area contributed by atoms with Crippen molar-refractivity contribution in [2.75, 3.05) is 19.0 Å². The summed E-state index contributed by atoms with van der Waals surface area (Å²) in [6, 6.07) is 6.06. The summed E-state index contributed by atoms with van der Waals surface area (Å²) >= 11 is 1.48. The molecule has 3 atom stereocenters. The second kappa shape index (κ2) is 12.7. The molecule has 3 heterocycles. The van der Waals surface area contributed by atoms with Crippen LogP contribution in [0.3, 0.4) is 0 Å². The minimum atomic E-state index is -1.09. The number of carbonyl (C=O) groups is 3. The topological polar surface area (TPSA) is 143 Å². The Kier molecular flexibility index (Phi) is 9.31. The lowest BCUT2D eigenvalue weighted by Gasteiger charge is -2.26. The fraction of sp³-hybridized carbons (Fsp3) is 0.483. The number of hydrogen-bond donors (Lipinski definition) is 3. The Morgan fingerprint density at radius 3 is 2.54 bits per heavy atom. The van der Waals surface area contributed by atoms with Gasteiger partial charge in [0, 0.05) is 54.7 Å². The number of nitrogens with one attached hydrogen (secondary N) is 2. The van der Waals surface area contributed by atoms with Gasteiger partial charge >= 0.3 is 5.97 Å². The number of benzene rings is 1. The molecule has 0 spiro atoms. The van der Waals surface area contributed by atoms with Gasteiger partial charge in [-0.05, 0) is 31.9 Å². The van der Waals surface area contributed by atoms with Gasteiger partial charge in [0.1, 0.15) is 29.3 Å². The Labute approximate surface area is 243 Å². The molecule has 2 aromatic heterocycles. The third-order valence-electron chi connectivity index (χ3n) is 6.91. The van der Waals surface area contributed by atoms with E-state index in [0.29, 0.717) is 28.4 Å². The number of aromatic nitrogens is 2. The molecule has 0 saturated carbocycles. The largest absolute Gasteiger partial charge is 0.497 e. The van der Waals surface area contributed by atoms with Gasteiger partial charge in [0.2, 0.25) is 11.8 Å². The Bertz CT molecular complexity index is 1420. The van der Waals surface area contributed by atoms with Gasteiger partial charge < -0.3 is 30.1 Å². The third kappa shape index (κ3) is 7.24. The number of thiazole rings is 1. The molecule has 3 aromatic rings. The second-order valence-corrected chi connectivity index (χ2v) is 11.7. The van der Waals surface area contributed by atoms with Crippen molar-refractivity contribution < 1.29 is 29.0 Å². The molecule has 0 unspecified atom stereocenters. The number of likely N-dealkylation sites (tertiary alicyclic amines) is 1. The van der Waals surface area contributed by atoms with Crippen LogP contribution in [-0.4, -0.2) is 75.6 Å². The number of methoxy groups -OCH3 is 1. The molecule has 3 N–H and O–H groups in total. The molecular formula is C29H37N5O6S. The van der Waals surface area contributed by atoms with Crippen LogP contribution in [0.1, 0.15) is 47.5 Å². The van der Waals surface area contributed by atoms with Crippen molar-refractivity contribution >= 4 is 45.2 Å². The van der Waals surface area contributed by atoms with Gasteiger partial charge in [-0.1, -0.05) is 13.8 Å². The van der Waals surface area contributed by atoms with Crippen molar-refractivity contribution in [3.8, 4) is 22.9 Å². The molecule has 0 radical (unpaired) electrons. The SMILES string of the molecule is COc1ccc2c(O[C@@H]3C[C@@H](C(=O)O)N(C(=O)C[C@@H](NC(C)=O)C(C)C)C3)cc(-c3csc(NC(C)C)n3)nc2c1. The van der Waals surface area contributed by atoms with Crippen LogP contribution in [0.5, 0.6) is 11.5 Å². The molecule has 2 amide bonds. The van der Waals surface area contributed by atoms with Crippen LogP contribution < -0.4 is 20.1 Å². The van der Waals surface area contributed by atoms with Crippen molar-refractivity contribution in [1.82, 2.24) is 20.2 Å². The Balaban J connectivity index is 1.63. The summed E-state index contributed by atoms with van der Waals surface area (Å²) in [5.41, 5.74) is 1.92. The highest BCUT2D eigenvalue weighted by molar-refractivity contribution is 7.14. The number of carboxylic acids is 1. The monoisotopic (exact) mass is 583 g/mol. The van der Waals surface area contributed by atoms with Gasteiger partial charge in [0.25, 0.3) is 0 Å². The number of aliphatic carboxylic acids is 1. The van der Waals surface area contributed by atoms with Crippen LogP contribution in [0.25, 0.3) is 22.3 Å². The first-order valence-electron chi connectivity index (χ1n) is 13.6. The number of pyridine rings is 1. The van der Waals surface area contributed by atoms with Crippen molar-refractivity contribution in [3.05, 3.63) is 29.6 Å². The van der Waals surface area contributed by atoms with Crippen LogP contribution in [0.4, 0.5) is 5.13 Å². The maximum Gasteiger partial charge on any atom is 0.326 e. The van der Waals surface area contributed by atoms with E-state index in [9.17, 15) is 19.5 Å². The predicted octanol–water partition coefficient (Wildman–Crippen LogP) is 4.17. The first-order chi connectivity index (χ1) is 19.4. The maximum absolute atomic E-state index is 13.3. The number of carbonyl (C=O) groups excluding carboxylic acids is 2. The lowest BCUT2D eigenvalue weighted by molar-refractivity contribution is -0.148. The highest BCUT2D eigenvalue weighted by Crippen LogP contribution is 2.35. The lowest BCUT2D eigenvalue weighted by atomic mass is 10.00. The van der Waals surface area contributed by atoms with Crippen LogP contribution in [0.2, 0.25) is 0 Å². The van der Waals surface area contributed by atoms with E-state index in [2.05, 4.69) is 15.6 Å². The number of fused-ring (bicyclic) bond motifs is 1. The van der Waals surface area contributed by atoms with Gasteiger partial charge in [-0.15, -0.1) is 11.3 Å². The summed E-state index contributed by atoms with van der Waals surface area (Å²) in [4.78, 5) is 47.9. The molecular weight excluding hydrogens is 546 g/mol. The van der Waals surface area contributed by atoms with Gasteiger partial charge in [0.15, 0.2) is 5.13 Å². The van der Waals surface area contributed by atoms with Crippen molar-refractivity contribution in [2.45, 2.75) is 71.7 Å². The summed E-state index contributed by atoms with van der Waals surface area (Å²) in [5.74, 6) is -0.521. The molecule has 1 aliphatic rings. The molecule has 1 aromatic carbocycles. The van der Waals surface area contributed by atoms with E-state index < -0.39 is 24.2 Å². The van der Waals surface area contributed by atoms with Crippen LogP contribution >= 0.6 is 11.3 Å². The zero-order valence-corrected chi connectivity index (χ0v) is 24.9. The Hall–Kier alpha value is -3.93. The van der Waals surface area contributed by atoms with Gasteiger partial charge in [-0.25, -0.2) is 14.8 Å². The molecule has 220 valence electrons. The molecule has 1 saturated heterocycles. The third-order valence-corrected chi connectivity index (χ3v) is 7.68. The van der Waals surface area contributed by atoms with Crippen LogP contribution in [-0.2, 0) is 14.4 Å². The molecule has 0 bridgehead atoms. The minimum absolute atomic E-state index is 0.00124. The standard InChI is InChI=1S/C29H37N5O6S/c1-15(2)21(31-17(5)35)12-27(36)34-13-19(10-25(34)28(37)38)40-26-11-23(24-14-41-29(33-24)30-16(3)4)32-22-9-18(39-6)7-8-20(22)26/h7-9,11,14-16,19,21,25H,10,12-13H2,1-6H3,(H,30,33)(H,31,35)(H,37,38)/t19-,21-,25+/m1/s1. The maximum atomic E-state index is 13.3. The normalized spacial score (nSPS) is 17.6. The number of anilines is 1. The fourth-order valence-electron chi connectivity index (χ4n) is 4.83. The average molecular weight is 584 g/mol. The smallest absolute Gasteiger partial charge is 0.326 e. The molecule has 11 nitrogen and oxygen atoms in total. The second-order valence-electron chi connectivity index (χ2n) is 10.9. The van der Waals surface area contributed by atoms with Gasteiger partial charge in [-0.2, -0.15) is 0 Å². The highest BCUT2D eigenvalue weighted by atomic mass is 32.1. The molecule has 41 heavy (non-hydrogen) atoms. The number of hydrogen-bond acceptors (Lipinski definition) is 9. The summed E-state index contributed by atoms with van der Waals surface area (Å²) in [6.07, 6.45) is -0.429. The van der Waals surface area contributed by atoms with E-state index in [1.165, 1.54) is 23.2 Å². The van der Waals surface area contributed by atoms with Gasteiger partial charge in [-0.3, -0.25) is 9.59 Å². The minimum Gasteiger partial charge on any atom is -0.497 e. The van der Waals surface area contributed by atoms with E-state index >= 15 is 0 Å².